The summed E-state index contributed by atoms with van der Waals surface area (Å²) in [6.45, 7) is 1.78. The van der Waals surface area contributed by atoms with Gasteiger partial charge in [-0.15, -0.1) is 0 Å². The summed E-state index contributed by atoms with van der Waals surface area (Å²) in [6.07, 6.45) is -1.71. The second-order valence-electron chi connectivity index (χ2n) is 3.68. The standard InChI is InChI=1S/C10H8ClF3N4/c1-6-2-8(10(12,13)14)17-9(11)7(6)3-18-5-15-4-16-18/h2,4-5H,3H2,1H3. The molecule has 0 aliphatic rings. The molecule has 2 aromatic rings. The summed E-state index contributed by atoms with van der Waals surface area (Å²) in [5.41, 5.74) is -0.0830. The molecule has 0 amide bonds. The third-order valence-electron chi connectivity index (χ3n) is 2.37. The highest BCUT2D eigenvalue weighted by molar-refractivity contribution is 6.30. The molecular formula is C10H8ClF3N4. The number of pyridine rings is 1. The highest BCUT2D eigenvalue weighted by atomic mass is 35.5. The molecule has 0 saturated heterocycles. The van der Waals surface area contributed by atoms with Crippen LogP contribution in [0, 0.1) is 6.92 Å². The Kier molecular flexibility index (Phi) is 3.25. The fraction of sp³-hybridized carbons (Fsp3) is 0.300. The molecule has 0 N–H and O–H groups in total. The molecule has 0 saturated carbocycles. The Balaban J connectivity index is 2.38. The van der Waals surface area contributed by atoms with E-state index in [2.05, 4.69) is 15.1 Å². The Morgan fingerprint density at radius 3 is 2.61 bits per heavy atom. The fourth-order valence-corrected chi connectivity index (χ4v) is 1.77. The molecule has 18 heavy (non-hydrogen) atoms. The van der Waals surface area contributed by atoms with Gasteiger partial charge in [0, 0.05) is 5.56 Å². The van der Waals surface area contributed by atoms with E-state index in [0.717, 1.165) is 6.07 Å². The van der Waals surface area contributed by atoms with Crippen molar-refractivity contribution >= 4 is 11.6 Å². The Labute approximate surface area is 105 Å². The van der Waals surface area contributed by atoms with Crippen LogP contribution in [-0.4, -0.2) is 19.7 Å². The van der Waals surface area contributed by atoms with Crippen LogP contribution in [0.3, 0.4) is 0 Å². The van der Waals surface area contributed by atoms with Crippen molar-refractivity contribution < 1.29 is 13.2 Å². The maximum Gasteiger partial charge on any atom is 0.433 e. The molecule has 0 atom stereocenters. The average molecular weight is 277 g/mol. The molecule has 0 aliphatic heterocycles. The number of nitrogens with zero attached hydrogens (tertiary/aromatic N) is 4. The van der Waals surface area contributed by atoms with Crippen molar-refractivity contribution in [3.63, 3.8) is 0 Å². The molecule has 0 fully saturated rings. The van der Waals surface area contributed by atoms with Crippen LogP contribution in [0.15, 0.2) is 18.7 Å². The number of hydrogen-bond donors (Lipinski definition) is 0. The predicted octanol–water partition coefficient (Wildman–Crippen LogP) is 2.70. The minimum Gasteiger partial charge on any atom is -0.248 e. The number of hydrogen-bond acceptors (Lipinski definition) is 3. The quantitative estimate of drug-likeness (QED) is 0.792. The van der Waals surface area contributed by atoms with Gasteiger partial charge in [0.25, 0.3) is 0 Å². The van der Waals surface area contributed by atoms with Crippen molar-refractivity contribution in [3.8, 4) is 0 Å². The molecule has 0 aliphatic carbocycles. The zero-order chi connectivity index (χ0) is 13.3. The molecule has 0 radical (unpaired) electrons. The lowest BCUT2D eigenvalue weighted by atomic mass is 10.1. The van der Waals surface area contributed by atoms with E-state index in [1.807, 2.05) is 0 Å². The third kappa shape index (κ3) is 2.61. The lowest BCUT2D eigenvalue weighted by Crippen LogP contribution is -2.11. The van der Waals surface area contributed by atoms with Gasteiger partial charge >= 0.3 is 6.18 Å². The SMILES string of the molecule is Cc1cc(C(F)(F)F)nc(Cl)c1Cn1cncn1. The first-order chi connectivity index (χ1) is 8.38. The van der Waals surface area contributed by atoms with Gasteiger partial charge in [0.05, 0.1) is 6.54 Å². The summed E-state index contributed by atoms with van der Waals surface area (Å²) in [4.78, 5) is 7.11. The summed E-state index contributed by atoms with van der Waals surface area (Å²) < 4.78 is 39.0. The first kappa shape index (κ1) is 12.8. The molecule has 96 valence electrons. The molecule has 0 unspecified atom stereocenters. The van der Waals surface area contributed by atoms with Gasteiger partial charge in [0.2, 0.25) is 0 Å². The van der Waals surface area contributed by atoms with Gasteiger partial charge in [-0.3, -0.25) is 0 Å². The Morgan fingerprint density at radius 1 is 1.39 bits per heavy atom. The van der Waals surface area contributed by atoms with Crippen LogP contribution in [0.1, 0.15) is 16.8 Å². The minimum atomic E-state index is -4.50. The summed E-state index contributed by atoms with van der Waals surface area (Å²) in [5, 5.41) is 3.69. The van der Waals surface area contributed by atoms with Crippen LogP contribution < -0.4 is 0 Å². The van der Waals surface area contributed by atoms with Gasteiger partial charge < -0.3 is 0 Å². The Bertz CT molecular complexity index is 528. The first-order valence-electron chi connectivity index (χ1n) is 4.93. The van der Waals surface area contributed by atoms with E-state index in [1.165, 1.54) is 17.3 Å². The van der Waals surface area contributed by atoms with Crippen molar-refractivity contribution in [2.45, 2.75) is 19.6 Å². The molecule has 2 rings (SSSR count). The molecular weight excluding hydrogens is 269 g/mol. The summed E-state index contributed by atoms with van der Waals surface area (Å²) in [6, 6.07) is 0.970. The summed E-state index contributed by atoms with van der Waals surface area (Å²) in [5.74, 6) is 0. The monoisotopic (exact) mass is 276 g/mol. The zero-order valence-electron chi connectivity index (χ0n) is 9.24. The minimum absolute atomic E-state index is 0.169. The largest absolute Gasteiger partial charge is 0.433 e. The number of aromatic nitrogens is 4. The number of aryl methyl sites for hydroxylation is 1. The molecule has 0 spiro atoms. The van der Waals surface area contributed by atoms with Gasteiger partial charge in [-0.1, -0.05) is 11.6 Å². The topological polar surface area (TPSA) is 43.6 Å². The van der Waals surface area contributed by atoms with Crippen LogP contribution in [0.25, 0.3) is 0 Å². The average Bonchev–Trinajstić information content (AvgIpc) is 2.74. The number of alkyl halides is 3. The van der Waals surface area contributed by atoms with Crippen LogP contribution in [0.5, 0.6) is 0 Å². The van der Waals surface area contributed by atoms with Crippen LogP contribution >= 0.6 is 11.6 Å². The highest BCUT2D eigenvalue weighted by Crippen LogP contribution is 2.31. The van der Waals surface area contributed by atoms with Crippen molar-refractivity contribution in [3.05, 3.63) is 40.7 Å². The van der Waals surface area contributed by atoms with Crippen molar-refractivity contribution in [2.24, 2.45) is 0 Å². The second-order valence-corrected chi connectivity index (χ2v) is 4.04. The van der Waals surface area contributed by atoms with Crippen LogP contribution in [-0.2, 0) is 12.7 Å². The zero-order valence-corrected chi connectivity index (χ0v) is 10.00. The molecule has 2 aromatic heterocycles. The normalized spacial score (nSPS) is 11.8. The van der Waals surface area contributed by atoms with E-state index < -0.39 is 11.9 Å². The van der Waals surface area contributed by atoms with Crippen molar-refractivity contribution in [1.82, 2.24) is 19.7 Å². The van der Waals surface area contributed by atoms with E-state index in [9.17, 15) is 13.2 Å². The maximum atomic E-state index is 12.5. The predicted molar refractivity (Wildman–Crippen MR) is 58.1 cm³/mol. The maximum absolute atomic E-state index is 12.5. The molecule has 2 heterocycles. The van der Waals surface area contributed by atoms with E-state index in [4.69, 9.17) is 11.6 Å². The van der Waals surface area contributed by atoms with Gasteiger partial charge in [-0.2, -0.15) is 18.3 Å². The van der Waals surface area contributed by atoms with Crippen LogP contribution in [0.4, 0.5) is 13.2 Å². The highest BCUT2D eigenvalue weighted by Gasteiger charge is 2.33. The van der Waals surface area contributed by atoms with Gasteiger partial charge in [0.1, 0.15) is 23.5 Å². The van der Waals surface area contributed by atoms with E-state index >= 15 is 0 Å². The van der Waals surface area contributed by atoms with E-state index in [-0.39, 0.29) is 11.7 Å². The Morgan fingerprint density at radius 2 is 2.11 bits per heavy atom. The van der Waals surface area contributed by atoms with Crippen molar-refractivity contribution in [1.29, 1.82) is 0 Å². The number of rotatable bonds is 2. The third-order valence-corrected chi connectivity index (χ3v) is 2.69. The fourth-order valence-electron chi connectivity index (χ4n) is 1.47. The van der Waals surface area contributed by atoms with Gasteiger partial charge in [0.15, 0.2) is 0 Å². The summed E-state index contributed by atoms with van der Waals surface area (Å²) >= 11 is 5.79. The molecule has 8 heteroatoms. The lowest BCUT2D eigenvalue weighted by molar-refractivity contribution is -0.141. The van der Waals surface area contributed by atoms with E-state index in [1.54, 1.807) is 6.92 Å². The molecule has 4 nitrogen and oxygen atoms in total. The van der Waals surface area contributed by atoms with Gasteiger partial charge in [-0.25, -0.2) is 14.6 Å². The second kappa shape index (κ2) is 4.56. The van der Waals surface area contributed by atoms with E-state index in [0.29, 0.717) is 11.1 Å². The molecule has 0 bridgehead atoms. The number of halogens is 4. The summed E-state index contributed by atoms with van der Waals surface area (Å²) in [7, 11) is 0. The smallest absolute Gasteiger partial charge is 0.248 e. The van der Waals surface area contributed by atoms with Gasteiger partial charge in [-0.05, 0) is 18.6 Å². The first-order valence-corrected chi connectivity index (χ1v) is 5.31. The lowest BCUT2D eigenvalue weighted by Gasteiger charge is -2.12. The van der Waals surface area contributed by atoms with Crippen molar-refractivity contribution in [2.75, 3.05) is 0 Å². The van der Waals surface area contributed by atoms with Crippen LogP contribution in [0.2, 0.25) is 5.15 Å². The molecule has 0 aromatic carbocycles. The Hall–Kier alpha value is -1.63.